The van der Waals surface area contributed by atoms with Crippen molar-refractivity contribution in [2.45, 2.75) is 13.3 Å². The van der Waals surface area contributed by atoms with Crippen LogP contribution in [0.1, 0.15) is 23.7 Å². The summed E-state index contributed by atoms with van der Waals surface area (Å²) in [5, 5.41) is 6.73. The van der Waals surface area contributed by atoms with E-state index in [-0.39, 0.29) is 11.0 Å². The molecular formula is C18H15F4N3O3S. The van der Waals surface area contributed by atoms with Crippen molar-refractivity contribution < 1.29 is 31.9 Å². The van der Waals surface area contributed by atoms with Crippen LogP contribution in [0.5, 0.6) is 5.75 Å². The number of nitrogens with one attached hydrogen (secondary N) is 3. The molecule has 2 amide bonds. The summed E-state index contributed by atoms with van der Waals surface area (Å²) >= 11 is 4.86. The molecule has 2 aromatic rings. The zero-order valence-electron chi connectivity index (χ0n) is 15.2. The average molecular weight is 429 g/mol. The quantitative estimate of drug-likeness (QED) is 0.384. The normalized spacial score (nSPS) is 10.3. The molecule has 0 radical (unpaired) electrons. The Morgan fingerprint density at radius 1 is 0.931 bits per heavy atom. The van der Waals surface area contributed by atoms with Gasteiger partial charge in [-0.25, -0.2) is 8.78 Å². The minimum Gasteiger partial charge on any atom is -0.491 e. The molecular weight excluding hydrogens is 414 g/mol. The smallest absolute Gasteiger partial charge is 0.263 e. The van der Waals surface area contributed by atoms with Crippen LogP contribution in [0.15, 0.2) is 24.3 Å². The molecule has 0 aliphatic carbocycles. The minimum absolute atomic E-state index is 0.184. The van der Waals surface area contributed by atoms with E-state index in [1.165, 1.54) is 12.1 Å². The Kier molecular flexibility index (Phi) is 7.10. The third kappa shape index (κ3) is 4.99. The molecule has 0 spiro atoms. The van der Waals surface area contributed by atoms with Gasteiger partial charge in [0, 0.05) is 17.8 Å². The molecule has 0 bridgehead atoms. The van der Waals surface area contributed by atoms with Crippen molar-refractivity contribution in [1.29, 1.82) is 0 Å². The van der Waals surface area contributed by atoms with Crippen molar-refractivity contribution in [3.63, 3.8) is 0 Å². The van der Waals surface area contributed by atoms with Crippen molar-refractivity contribution in [3.8, 4) is 5.75 Å². The molecule has 0 aliphatic heterocycles. The predicted molar refractivity (Wildman–Crippen MR) is 102 cm³/mol. The highest BCUT2D eigenvalue weighted by atomic mass is 32.1. The van der Waals surface area contributed by atoms with Gasteiger partial charge in [-0.1, -0.05) is 6.92 Å². The maximum atomic E-state index is 14.0. The molecule has 0 aromatic heterocycles. The van der Waals surface area contributed by atoms with E-state index in [0.717, 1.165) is 7.11 Å². The third-order valence-corrected chi connectivity index (χ3v) is 3.83. The highest BCUT2D eigenvalue weighted by Crippen LogP contribution is 2.29. The predicted octanol–water partition coefficient (Wildman–Crippen LogP) is 3.73. The first-order chi connectivity index (χ1) is 13.7. The molecule has 29 heavy (non-hydrogen) atoms. The van der Waals surface area contributed by atoms with Gasteiger partial charge in [-0.05, 0) is 36.5 Å². The fraction of sp³-hybridized carbons (Fsp3) is 0.167. The van der Waals surface area contributed by atoms with Gasteiger partial charge in [-0.15, -0.1) is 0 Å². The molecule has 2 rings (SSSR count). The summed E-state index contributed by atoms with van der Waals surface area (Å²) in [6.07, 6.45) is 0.301. The van der Waals surface area contributed by atoms with E-state index in [0.29, 0.717) is 17.8 Å². The highest BCUT2D eigenvalue weighted by Gasteiger charge is 2.30. The minimum atomic E-state index is -1.92. The molecule has 0 saturated carbocycles. The fourth-order valence-electron chi connectivity index (χ4n) is 2.20. The SMILES string of the molecule is CCC(=O)Nc1ccc(NC(=S)NC(=O)c2c(F)c(F)c(OC)c(F)c2F)cc1. The lowest BCUT2D eigenvalue weighted by molar-refractivity contribution is -0.115. The van der Waals surface area contributed by atoms with Crippen LogP contribution in [-0.4, -0.2) is 24.0 Å². The van der Waals surface area contributed by atoms with Crippen LogP contribution in [0.3, 0.4) is 0 Å². The van der Waals surface area contributed by atoms with E-state index in [4.69, 9.17) is 12.2 Å². The lowest BCUT2D eigenvalue weighted by atomic mass is 10.1. The molecule has 0 fully saturated rings. The maximum absolute atomic E-state index is 14.0. The number of anilines is 2. The van der Waals surface area contributed by atoms with Gasteiger partial charge in [0.1, 0.15) is 5.56 Å². The van der Waals surface area contributed by atoms with Gasteiger partial charge in [0.25, 0.3) is 5.91 Å². The number of hydrogen-bond acceptors (Lipinski definition) is 4. The number of thiocarbonyl (C=S) groups is 1. The fourth-order valence-corrected chi connectivity index (χ4v) is 2.41. The first kappa shape index (κ1) is 22.1. The number of carbonyl (C=O) groups excluding carboxylic acids is 2. The van der Waals surface area contributed by atoms with Gasteiger partial charge in [0.05, 0.1) is 7.11 Å². The van der Waals surface area contributed by atoms with E-state index >= 15 is 0 Å². The summed E-state index contributed by atoms with van der Waals surface area (Å²) in [6.45, 7) is 1.69. The van der Waals surface area contributed by atoms with Gasteiger partial charge in [-0.3, -0.25) is 14.9 Å². The highest BCUT2D eigenvalue weighted by molar-refractivity contribution is 7.80. The van der Waals surface area contributed by atoms with Crippen molar-refractivity contribution >= 4 is 40.5 Å². The molecule has 0 saturated heterocycles. The van der Waals surface area contributed by atoms with Crippen molar-refractivity contribution in [2.75, 3.05) is 17.7 Å². The summed E-state index contributed by atoms with van der Waals surface area (Å²) in [5.74, 6) is -10.5. The molecule has 0 unspecified atom stereocenters. The Labute approximate surface area is 168 Å². The number of rotatable bonds is 5. The molecule has 154 valence electrons. The summed E-state index contributed by atoms with van der Waals surface area (Å²) < 4.78 is 59.7. The first-order valence-corrected chi connectivity index (χ1v) is 8.52. The van der Waals surface area contributed by atoms with Gasteiger partial charge in [-0.2, -0.15) is 8.78 Å². The number of carbonyl (C=O) groups is 2. The van der Waals surface area contributed by atoms with Gasteiger partial charge < -0.3 is 15.4 Å². The van der Waals surface area contributed by atoms with E-state index in [1.807, 2.05) is 5.32 Å². The zero-order valence-corrected chi connectivity index (χ0v) is 16.0. The largest absolute Gasteiger partial charge is 0.491 e. The van der Waals surface area contributed by atoms with Crippen LogP contribution in [0.2, 0.25) is 0 Å². The Morgan fingerprint density at radius 3 is 1.86 bits per heavy atom. The molecule has 11 heteroatoms. The summed E-state index contributed by atoms with van der Waals surface area (Å²) in [6, 6.07) is 6.12. The molecule has 0 aliphatic rings. The summed E-state index contributed by atoms with van der Waals surface area (Å²) in [7, 11) is 0.818. The van der Waals surface area contributed by atoms with Gasteiger partial charge in [0.2, 0.25) is 17.5 Å². The van der Waals surface area contributed by atoms with E-state index in [2.05, 4.69) is 15.4 Å². The lowest BCUT2D eigenvalue weighted by Gasteiger charge is -2.13. The molecule has 0 heterocycles. The summed E-state index contributed by atoms with van der Waals surface area (Å²) in [4.78, 5) is 23.4. The van der Waals surface area contributed by atoms with E-state index in [9.17, 15) is 27.2 Å². The van der Waals surface area contributed by atoms with Gasteiger partial charge in [0.15, 0.2) is 22.5 Å². The van der Waals surface area contributed by atoms with Crippen LogP contribution in [0.4, 0.5) is 28.9 Å². The van der Waals surface area contributed by atoms with Crippen molar-refractivity contribution in [3.05, 3.63) is 53.1 Å². The third-order valence-electron chi connectivity index (χ3n) is 3.63. The Morgan fingerprint density at radius 2 is 1.41 bits per heavy atom. The van der Waals surface area contributed by atoms with Crippen LogP contribution in [0, 0.1) is 23.3 Å². The Balaban J connectivity index is 2.12. The second kappa shape index (κ2) is 9.32. The first-order valence-electron chi connectivity index (χ1n) is 8.11. The number of methoxy groups -OCH3 is 1. The average Bonchev–Trinajstić information content (AvgIpc) is 2.68. The van der Waals surface area contributed by atoms with Crippen LogP contribution in [-0.2, 0) is 4.79 Å². The van der Waals surface area contributed by atoms with E-state index in [1.54, 1.807) is 19.1 Å². The van der Waals surface area contributed by atoms with Gasteiger partial charge >= 0.3 is 0 Å². The second-order valence-electron chi connectivity index (χ2n) is 5.55. The summed E-state index contributed by atoms with van der Waals surface area (Å²) in [5.41, 5.74) is -0.592. The molecule has 6 nitrogen and oxygen atoms in total. The Hall–Kier alpha value is -3.21. The van der Waals surface area contributed by atoms with Crippen LogP contribution >= 0.6 is 12.2 Å². The Bertz CT molecular complexity index is 939. The van der Waals surface area contributed by atoms with Crippen LogP contribution in [0.25, 0.3) is 0 Å². The molecule has 2 aromatic carbocycles. The van der Waals surface area contributed by atoms with Crippen LogP contribution < -0.4 is 20.7 Å². The van der Waals surface area contributed by atoms with Crippen molar-refractivity contribution in [2.24, 2.45) is 0 Å². The number of hydrogen-bond donors (Lipinski definition) is 3. The zero-order chi connectivity index (χ0) is 21.7. The molecule has 3 N–H and O–H groups in total. The topological polar surface area (TPSA) is 79.5 Å². The van der Waals surface area contributed by atoms with Crippen molar-refractivity contribution in [1.82, 2.24) is 5.32 Å². The molecule has 0 atom stereocenters. The maximum Gasteiger partial charge on any atom is 0.263 e. The number of benzene rings is 2. The lowest BCUT2D eigenvalue weighted by Crippen LogP contribution is -2.35. The standard InChI is InChI=1S/C18H15F4N3O3S/c1-3-10(26)23-8-4-6-9(7-5-8)24-18(29)25-17(27)11-12(19)14(21)16(28-2)15(22)13(11)20/h4-7H,3H2,1-2H3,(H,23,26)(H2,24,25,27,29). The number of amides is 2. The van der Waals surface area contributed by atoms with E-state index < -0.39 is 40.5 Å². The monoisotopic (exact) mass is 429 g/mol. The number of halogens is 4. The number of ether oxygens (including phenoxy) is 1. The second-order valence-corrected chi connectivity index (χ2v) is 5.96.